The first-order valence-electron chi connectivity index (χ1n) is 5.50. The molecule has 0 amide bonds. The lowest BCUT2D eigenvalue weighted by molar-refractivity contribution is -0.385. The Labute approximate surface area is 110 Å². The van der Waals surface area contributed by atoms with Gasteiger partial charge in [0.15, 0.2) is 0 Å². The summed E-state index contributed by atoms with van der Waals surface area (Å²) < 4.78 is 4.77. The second-order valence-electron chi connectivity index (χ2n) is 3.80. The van der Waals surface area contributed by atoms with Gasteiger partial charge in [-0.3, -0.25) is 14.9 Å². The maximum Gasteiger partial charge on any atom is 0.324 e. The van der Waals surface area contributed by atoms with Crippen LogP contribution in [0, 0.1) is 17.0 Å². The lowest BCUT2D eigenvalue weighted by Gasteiger charge is -2.09. The molecular formula is C12H14ClNO4. The van der Waals surface area contributed by atoms with Crippen molar-refractivity contribution in [3.63, 3.8) is 0 Å². The Hall–Kier alpha value is -1.62. The van der Waals surface area contributed by atoms with Crippen LogP contribution in [-0.2, 0) is 16.0 Å². The van der Waals surface area contributed by atoms with Crippen molar-refractivity contribution in [2.45, 2.75) is 25.6 Å². The van der Waals surface area contributed by atoms with E-state index in [1.807, 2.05) is 0 Å². The van der Waals surface area contributed by atoms with Gasteiger partial charge in [0.25, 0.3) is 5.69 Å². The Bertz CT molecular complexity index is 461. The number of carbonyl (C=O) groups excluding carboxylic acids is 1. The number of alkyl halides is 1. The normalized spacial score (nSPS) is 11.9. The molecule has 0 aliphatic carbocycles. The molecule has 1 rings (SSSR count). The number of aryl methyl sites for hydroxylation is 1. The molecule has 1 atom stereocenters. The summed E-state index contributed by atoms with van der Waals surface area (Å²) in [7, 11) is 0. The molecular weight excluding hydrogens is 258 g/mol. The summed E-state index contributed by atoms with van der Waals surface area (Å²) in [6.07, 6.45) is 0.210. The summed E-state index contributed by atoms with van der Waals surface area (Å²) >= 11 is 5.87. The zero-order valence-corrected chi connectivity index (χ0v) is 10.9. The number of rotatable bonds is 5. The third-order valence-electron chi connectivity index (χ3n) is 2.43. The first kappa shape index (κ1) is 14.4. The van der Waals surface area contributed by atoms with Gasteiger partial charge in [0.1, 0.15) is 5.38 Å². The molecule has 0 radical (unpaired) electrons. The number of hydrogen-bond acceptors (Lipinski definition) is 4. The first-order valence-corrected chi connectivity index (χ1v) is 5.94. The zero-order valence-electron chi connectivity index (χ0n) is 10.2. The number of carbonyl (C=O) groups is 1. The van der Waals surface area contributed by atoms with Crippen LogP contribution in [0.15, 0.2) is 18.2 Å². The van der Waals surface area contributed by atoms with E-state index in [9.17, 15) is 14.9 Å². The van der Waals surface area contributed by atoms with Gasteiger partial charge in [0.2, 0.25) is 0 Å². The summed E-state index contributed by atoms with van der Waals surface area (Å²) in [5.74, 6) is -0.512. The van der Waals surface area contributed by atoms with Gasteiger partial charge in [-0.15, -0.1) is 11.6 Å². The van der Waals surface area contributed by atoms with Gasteiger partial charge in [0.05, 0.1) is 11.5 Å². The standard InChI is InChI=1S/C12H14ClNO4/c1-3-18-12(15)10(13)6-9-5-4-8(2)11(7-9)14(16)17/h4-5,7,10H,3,6H2,1-2H3. The smallest absolute Gasteiger partial charge is 0.324 e. The van der Waals surface area contributed by atoms with Gasteiger partial charge in [-0.1, -0.05) is 12.1 Å². The van der Waals surface area contributed by atoms with E-state index in [4.69, 9.17) is 16.3 Å². The second-order valence-corrected chi connectivity index (χ2v) is 4.33. The van der Waals surface area contributed by atoms with E-state index in [0.29, 0.717) is 11.1 Å². The molecule has 1 unspecified atom stereocenters. The summed E-state index contributed by atoms with van der Waals surface area (Å²) in [6.45, 7) is 3.61. The largest absolute Gasteiger partial charge is 0.465 e. The number of hydrogen-bond donors (Lipinski definition) is 0. The molecule has 5 nitrogen and oxygen atoms in total. The van der Waals surface area contributed by atoms with Crippen molar-refractivity contribution >= 4 is 23.3 Å². The van der Waals surface area contributed by atoms with Crippen LogP contribution in [0.25, 0.3) is 0 Å². The minimum absolute atomic E-state index is 0.0280. The Morgan fingerprint density at radius 1 is 1.56 bits per heavy atom. The predicted molar refractivity (Wildman–Crippen MR) is 67.8 cm³/mol. The summed E-state index contributed by atoms with van der Waals surface area (Å²) in [6, 6.07) is 4.79. The summed E-state index contributed by atoms with van der Waals surface area (Å²) in [4.78, 5) is 21.7. The third kappa shape index (κ3) is 3.70. The monoisotopic (exact) mass is 271 g/mol. The van der Waals surface area contributed by atoms with Crippen LogP contribution in [0.3, 0.4) is 0 Å². The highest BCUT2D eigenvalue weighted by atomic mass is 35.5. The van der Waals surface area contributed by atoms with E-state index >= 15 is 0 Å². The Morgan fingerprint density at radius 3 is 2.78 bits per heavy atom. The van der Waals surface area contributed by atoms with E-state index in [-0.39, 0.29) is 18.7 Å². The van der Waals surface area contributed by atoms with Crippen LogP contribution in [0.2, 0.25) is 0 Å². The quantitative estimate of drug-likeness (QED) is 0.357. The fourth-order valence-electron chi connectivity index (χ4n) is 1.50. The summed E-state index contributed by atoms with van der Waals surface area (Å²) in [5, 5.41) is 9.95. The van der Waals surface area contributed by atoms with Gasteiger partial charge in [-0.05, 0) is 25.8 Å². The average Bonchev–Trinajstić information content (AvgIpc) is 2.31. The van der Waals surface area contributed by atoms with Crippen molar-refractivity contribution in [2.24, 2.45) is 0 Å². The molecule has 1 aromatic rings. The van der Waals surface area contributed by atoms with Gasteiger partial charge in [0, 0.05) is 11.6 Å². The molecule has 0 bridgehead atoms. The number of benzene rings is 1. The van der Waals surface area contributed by atoms with Gasteiger partial charge in [-0.2, -0.15) is 0 Å². The number of nitro benzene ring substituents is 1. The molecule has 1 aromatic carbocycles. The van der Waals surface area contributed by atoms with E-state index in [1.54, 1.807) is 26.0 Å². The van der Waals surface area contributed by atoms with E-state index in [2.05, 4.69) is 0 Å². The van der Waals surface area contributed by atoms with Crippen molar-refractivity contribution < 1.29 is 14.5 Å². The molecule has 0 N–H and O–H groups in total. The fourth-order valence-corrected chi connectivity index (χ4v) is 1.74. The second kappa shape index (κ2) is 6.35. The highest BCUT2D eigenvalue weighted by molar-refractivity contribution is 6.30. The summed E-state index contributed by atoms with van der Waals surface area (Å²) in [5.41, 5.74) is 1.24. The molecule has 0 aromatic heterocycles. The highest BCUT2D eigenvalue weighted by Gasteiger charge is 2.19. The molecule has 0 saturated heterocycles. The maximum absolute atomic E-state index is 11.3. The molecule has 0 aliphatic rings. The van der Waals surface area contributed by atoms with Crippen LogP contribution >= 0.6 is 11.6 Å². The maximum atomic E-state index is 11.3. The highest BCUT2D eigenvalue weighted by Crippen LogP contribution is 2.21. The van der Waals surface area contributed by atoms with Crippen molar-refractivity contribution in [1.82, 2.24) is 0 Å². The lowest BCUT2D eigenvalue weighted by Crippen LogP contribution is -2.20. The average molecular weight is 272 g/mol. The Morgan fingerprint density at radius 2 is 2.22 bits per heavy atom. The van der Waals surface area contributed by atoms with Crippen molar-refractivity contribution in [1.29, 1.82) is 0 Å². The minimum Gasteiger partial charge on any atom is -0.465 e. The molecule has 18 heavy (non-hydrogen) atoms. The molecule has 0 fully saturated rings. The molecule has 0 saturated carbocycles. The van der Waals surface area contributed by atoms with E-state index in [0.717, 1.165) is 0 Å². The van der Waals surface area contributed by atoms with Crippen molar-refractivity contribution in [3.05, 3.63) is 39.4 Å². The number of ether oxygens (including phenoxy) is 1. The number of nitrogens with zero attached hydrogens (tertiary/aromatic N) is 1. The molecule has 6 heteroatoms. The van der Waals surface area contributed by atoms with E-state index in [1.165, 1.54) is 6.07 Å². The SMILES string of the molecule is CCOC(=O)C(Cl)Cc1ccc(C)c([N+](=O)[O-])c1. The molecule has 0 aliphatic heterocycles. The Balaban J connectivity index is 2.82. The van der Waals surface area contributed by atoms with Crippen LogP contribution in [-0.4, -0.2) is 22.9 Å². The minimum atomic E-state index is -0.827. The van der Waals surface area contributed by atoms with Gasteiger partial charge < -0.3 is 4.74 Å². The van der Waals surface area contributed by atoms with Crippen LogP contribution in [0.1, 0.15) is 18.1 Å². The van der Waals surface area contributed by atoms with Crippen LogP contribution < -0.4 is 0 Å². The predicted octanol–water partition coefficient (Wildman–Crippen LogP) is 2.62. The number of nitro groups is 1. The third-order valence-corrected chi connectivity index (χ3v) is 2.76. The number of halogens is 1. The first-order chi connectivity index (χ1) is 8.45. The van der Waals surface area contributed by atoms with Crippen molar-refractivity contribution in [3.8, 4) is 0 Å². The van der Waals surface area contributed by atoms with Crippen LogP contribution in [0.4, 0.5) is 5.69 Å². The van der Waals surface area contributed by atoms with Gasteiger partial charge >= 0.3 is 5.97 Å². The molecule has 0 heterocycles. The van der Waals surface area contributed by atoms with Gasteiger partial charge in [-0.25, -0.2) is 0 Å². The topological polar surface area (TPSA) is 69.4 Å². The zero-order chi connectivity index (χ0) is 13.7. The molecule has 98 valence electrons. The lowest BCUT2D eigenvalue weighted by atomic mass is 10.1. The Kier molecular flexibility index (Phi) is 5.09. The van der Waals surface area contributed by atoms with Crippen LogP contribution in [0.5, 0.6) is 0 Å². The number of esters is 1. The molecule has 0 spiro atoms. The van der Waals surface area contributed by atoms with Crippen molar-refractivity contribution in [2.75, 3.05) is 6.61 Å². The van der Waals surface area contributed by atoms with E-state index < -0.39 is 16.3 Å². The fraction of sp³-hybridized carbons (Fsp3) is 0.417.